The van der Waals surface area contributed by atoms with Gasteiger partial charge in [0.05, 0.1) is 4.92 Å². The van der Waals surface area contributed by atoms with E-state index in [1.807, 2.05) is 0 Å². The molecule has 2 N–H and O–H groups in total. The van der Waals surface area contributed by atoms with Crippen molar-refractivity contribution in [2.75, 3.05) is 18.0 Å². The van der Waals surface area contributed by atoms with Crippen LogP contribution in [0.4, 0.5) is 11.4 Å². The Hall–Kier alpha value is -1.95. The molecule has 1 heterocycles. The first kappa shape index (κ1) is 13.5. The van der Waals surface area contributed by atoms with Gasteiger partial charge in [0.2, 0.25) is 5.91 Å². The van der Waals surface area contributed by atoms with E-state index < -0.39 is 4.92 Å². The second-order valence-corrected chi connectivity index (χ2v) is 4.99. The quantitative estimate of drug-likeness (QED) is 0.661. The van der Waals surface area contributed by atoms with Crippen LogP contribution in [-0.2, 0) is 4.79 Å². The molecule has 1 unspecified atom stereocenters. The van der Waals surface area contributed by atoms with Crippen LogP contribution < -0.4 is 10.6 Å². The molecule has 0 spiro atoms. The van der Waals surface area contributed by atoms with Crippen LogP contribution >= 0.6 is 0 Å². The van der Waals surface area contributed by atoms with Crippen LogP contribution in [0.1, 0.15) is 17.5 Å². The average Bonchev–Trinajstić information content (AvgIpc) is 2.72. The van der Waals surface area contributed by atoms with Crippen LogP contribution in [-0.4, -0.2) is 23.9 Å². The summed E-state index contributed by atoms with van der Waals surface area (Å²) < 4.78 is 0. The number of nitrogens with zero attached hydrogens (tertiary/aromatic N) is 2. The molecule has 0 radical (unpaired) electrons. The van der Waals surface area contributed by atoms with Gasteiger partial charge in [0, 0.05) is 30.3 Å². The predicted octanol–water partition coefficient (Wildman–Crippen LogP) is 1.52. The minimum Gasteiger partial charge on any atom is -0.330 e. The lowest BCUT2D eigenvalue weighted by atomic mass is 10.1. The van der Waals surface area contributed by atoms with E-state index >= 15 is 0 Å². The maximum absolute atomic E-state index is 12.0. The number of hydrogen-bond acceptors (Lipinski definition) is 4. The number of anilines is 1. The number of rotatable bonds is 3. The third-order valence-electron chi connectivity index (χ3n) is 3.54. The van der Waals surface area contributed by atoms with Gasteiger partial charge in [0.15, 0.2) is 0 Å². The summed E-state index contributed by atoms with van der Waals surface area (Å²) in [6.45, 7) is 4.54. The van der Waals surface area contributed by atoms with Crippen molar-refractivity contribution in [1.82, 2.24) is 0 Å². The summed E-state index contributed by atoms with van der Waals surface area (Å²) in [5.41, 5.74) is 7.74. The molecule has 6 heteroatoms. The Kier molecular flexibility index (Phi) is 3.53. The molecule has 1 aliphatic heterocycles. The summed E-state index contributed by atoms with van der Waals surface area (Å²) in [4.78, 5) is 24.1. The van der Waals surface area contributed by atoms with E-state index in [1.165, 1.54) is 6.07 Å². The third kappa shape index (κ3) is 2.44. The zero-order chi connectivity index (χ0) is 14.2. The van der Waals surface area contributed by atoms with Crippen LogP contribution in [0, 0.1) is 29.9 Å². The molecular formula is C13H17N3O3. The Morgan fingerprint density at radius 1 is 1.42 bits per heavy atom. The second kappa shape index (κ2) is 4.97. The van der Waals surface area contributed by atoms with Crippen molar-refractivity contribution in [2.24, 2.45) is 11.7 Å². The highest BCUT2D eigenvalue weighted by Gasteiger charge is 2.31. The van der Waals surface area contributed by atoms with Crippen LogP contribution in [0.5, 0.6) is 0 Å². The van der Waals surface area contributed by atoms with Crippen molar-refractivity contribution >= 4 is 17.3 Å². The highest BCUT2D eigenvalue weighted by molar-refractivity contribution is 5.96. The standard InChI is InChI=1S/C13H17N3O3/c1-8-4-12(16(18)19)9(2)3-11(8)15-7-10(6-14)5-13(15)17/h3-4,10H,5-7,14H2,1-2H3. The van der Waals surface area contributed by atoms with Gasteiger partial charge in [-0.3, -0.25) is 14.9 Å². The lowest BCUT2D eigenvalue weighted by Gasteiger charge is -2.19. The number of carbonyl (C=O) groups excluding carboxylic acids is 1. The van der Waals surface area contributed by atoms with E-state index in [2.05, 4.69) is 0 Å². The van der Waals surface area contributed by atoms with Crippen LogP contribution in [0.3, 0.4) is 0 Å². The van der Waals surface area contributed by atoms with Gasteiger partial charge in [-0.15, -0.1) is 0 Å². The lowest BCUT2D eigenvalue weighted by Crippen LogP contribution is -2.26. The first-order chi connectivity index (χ1) is 8.93. The molecule has 1 saturated heterocycles. The molecule has 1 aromatic carbocycles. The van der Waals surface area contributed by atoms with E-state index in [-0.39, 0.29) is 17.5 Å². The number of carbonyl (C=O) groups is 1. The van der Waals surface area contributed by atoms with Crippen LogP contribution in [0.15, 0.2) is 12.1 Å². The molecule has 102 valence electrons. The summed E-state index contributed by atoms with van der Waals surface area (Å²) in [5, 5.41) is 10.9. The minimum atomic E-state index is -0.402. The van der Waals surface area contributed by atoms with Gasteiger partial charge in [-0.25, -0.2) is 0 Å². The SMILES string of the molecule is Cc1cc([N+](=O)[O-])c(C)cc1N1CC(CN)CC1=O. The van der Waals surface area contributed by atoms with Gasteiger partial charge in [-0.05, 0) is 37.9 Å². The number of benzene rings is 1. The Labute approximate surface area is 111 Å². The highest BCUT2D eigenvalue weighted by Crippen LogP contribution is 2.32. The fourth-order valence-electron chi connectivity index (χ4n) is 2.45. The smallest absolute Gasteiger partial charge is 0.272 e. The number of nitrogens with two attached hydrogens (primary N) is 1. The summed E-state index contributed by atoms with van der Waals surface area (Å²) in [7, 11) is 0. The lowest BCUT2D eigenvalue weighted by molar-refractivity contribution is -0.385. The largest absolute Gasteiger partial charge is 0.330 e. The molecular weight excluding hydrogens is 246 g/mol. The summed E-state index contributed by atoms with van der Waals surface area (Å²) in [5.74, 6) is 0.203. The number of hydrogen-bond donors (Lipinski definition) is 1. The van der Waals surface area contributed by atoms with E-state index in [1.54, 1.807) is 24.8 Å². The van der Waals surface area contributed by atoms with E-state index in [9.17, 15) is 14.9 Å². The fourth-order valence-corrected chi connectivity index (χ4v) is 2.45. The van der Waals surface area contributed by atoms with Crippen molar-refractivity contribution in [3.05, 3.63) is 33.4 Å². The number of nitro groups is 1. The zero-order valence-corrected chi connectivity index (χ0v) is 11.0. The third-order valence-corrected chi connectivity index (χ3v) is 3.54. The molecule has 0 aromatic heterocycles. The molecule has 2 rings (SSSR count). The fraction of sp³-hybridized carbons (Fsp3) is 0.462. The Morgan fingerprint density at radius 3 is 2.63 bits per heavy atom. The molecule has 19 heavy (non-hydrogen) atoms. The molecule has 0 bridgehead atoms. The van der Waals surface area contributed by atoms with Gasteiger partial charge >= 0.3 is 0 Å². The number of nitro benzene ring substituents is 1. The molecule has 6 nitrogen and oxygen atoms in total. The van der Waals surface area contributed by atoms with Gasteiger partial charge in [-0.1, -0.05) is 0 Å². The molecule has 0 saturated carbocycles. The Morgan fingerprint density at radius 2 is 2.11 bits per heavy atom. The number of amides is 1. The molecule has 1 aromatic rings. The van der Waals surface area contributed by atoms with E-state index in [0.717, 1.165) is 11.3 Å². The first-order valence-electron chi connectivity index (χ1n) is 6.20. The summed E-state index contributed by atoms with van der Waals surface area (Å²) in [6, 6.07) is 3.23. The first-order valence-corrected chi connectivity index (χ1v) is 6.20. The van der Waals surface area contributed by atoms with Gasteiger partial charge in [0.25, 0.3) is 5.69 Å². The van der Waals surface area contributed by atoms with Gasteiger partial charge < -0.3 is 10.6 Å². The number of aryl methyl sites for hydroxylation is 2. The molecule has 0 aliphatic carbocycles. The Balaban J connectivity index is 2.39. The van der Waals surface area contributed by atoms with Gasteiger partial charge in [0.1, 0.15) is 0 Å². The average molecular weight is 263 g/mol. The van der Waals surface area contributed by atoms with E-state index in [4.69, 9.17) is 5.73 Å². The molecule has 1 atom stereocenters. The van der Waals surface area contributed by atoms with Crippen molar-refractivity contribution in [3.8, 4) is 0 Å². The van der Waals surface area contributed by atoms with Crippen molar-refractivity contribution in [1.29, 1.82) is 0 Å². The van der Waals surface area contributed by atoms with E-state index in [0.29, 0.717) is 25.1 Å². The topological polar surface area (TPSA) is 89.5 Å². The Bertz CT molecular complexity index is 542. The normalized spacial score (nSPS) is 19.0. The molecule has 1 amide bonds. The van der Waals surface area contributed by atoms with Crippen molar-refractivity contribution in [3.63, 3.8) is 0 Å². The monoisotopic (exact) mass is 263 g/mol. The summed E-state index contributed by atoms with van der Waals surface area (Å²) in [6.07, 6.45) is 0.450. The van der Waals surface area contributed by atoms with Crippen LogP contribution in [0.2, 0.25) is 0 Å². The summed E-state index contributed by atoms with van der Waals surface area (Å²) >= 11 is 0. The predicted molar refractivity (Wildman–Crippen MR) is 72.1 cm³/mol. The highest BCUT2D eigenvalue weighted by atomic mass is 16.6. The van der Waals surface area contributed by atoms with Crippen LogP contribution in [0.25, 0.3) is 0 Å². The molecule has 1 aliphatic rings. The second-order valence-electron chi connectivity index (χ2n) is 4.99. The maximum atomic E-state index is 12.0. The maximum Gasteiger partial charge on any atom is 0.272 e. The minimum absolute atomic E-state index is 0.0341. The van der Waals surface area contributed by atoms with Crippen molar-refractivity contribution < 1.29 is 9.72 Å². The zero-order valence-electron chi connectivity index (χ0n) is 11.0. The van der Waals surface area contributed by atoms with Crippen molar-refractivity contribution in [2.45, 2.75) is 20.3 Å². The van der Waals surface area contributed by atoms with Gasteiger partial charge in [-0.2, -0.15) is 0 Å². The molecule has 1 fully saturated rings.